The second kappa shape index (κ2) is 9.02. The number of hydrogen-bond acceptors (Lipinski definition) is 2. The maximum atomic E-state index is 12.7. The molecule has 1 N–H and O–H groups in total. The molecule has 0 aliphatic carbocycles. The van der Waals surface area contributed by atoms with Gasteiger partial charge in [-0.05, 0) is 43.2 Å². The number of likely N-dealkylation sites (tertiary alicyclic amines) is 1. The number of rotatable bonds is 6. The Labute approximate surface area is 154 Å². The van der Waals surface area contributed by atoms with Gasteiger partial charge in [0.1, 0.15) is 0 Å². The lowest BCUT2D eigenvalue weighted by molar-refractivity contribution is -0.123. The third-order valence-corrected chi connectivity index (χ3v) is 5.61. The van der Waals surface area contributed by atoms with Crippen molar-refractivity contribution in [3.8, 4) is 0 Å². The number of hydrogen-bond donors (Lipinski definition) is 1. The third kappa shape index (κ3) is 5.45. The van der Waals surface area contributed by atoms with Crippen LogP contribution in [0.15, 0.2) is 24.3 Å². The molecule has 1 aliphatic rings. The molecule has 2 rings (SSSR count). The number of carbonyl (C=O) groups excluding carboxylic acids is 1. The summed E-state index contributed by atoms with van der Waals surface area (Å²) in [6.07, 6.45) is 3.16. The Kier molecular flexibility index (Phi) is 7.34. The van der Waals surface area contributed by atoms with Gasteiger partial charge in [-0.3, -0.25) is 9.69 Å². The lowest BCUT2D eigenvalue weighted by Gasteiger charge is -2.31. The predicted molar refractivity (Wildman–Crippen MR) is 105 cm³/mol. The molecule has 1 saturated heterocycles. The van der Waals surface area contributed by atoms with Crippen LogP contribution < -0.4 is 5.32 Å². The van der Waals surface area contributed by atoms with Gasteiger partial charge in [-0.15, -0.1) is 0 Å². The summed E-state index contributed by atoms with van der Waals surface area (Å²) in [5.41, 5.74) is 2.49. The summed E-state index contributed by atoms with van der Waals surface area (Å²) in [7, 11) is 0. The van der Waals surface area contributed by atoms with Crippen LogP contribution in [0.1, 0.15) is 50.7 Å². The fourth-order valence-corrected chi connectivity index (χ4v) is 3.93. The zero-order chi connectivity index (χ0) is 16.8. The van der Waals surface area contributed by atoms with E-state index in [-0.39, 0.29) is 11.8 Å². The van der Waals surface area contributed by atoms with Crippen molar-refractivity contribution in [1.82, 2.24) is 10.2 Å². The average Bonchev–Trinajstić information content (AvgIpc) is 2.55. The van der Waals surface area contributed by atoms with Crippen molar-refractivity contribution in [2.24, 2.45) is 5.92 Å². The molecule has 1 fully saturated rings. The lowest BCUT2D eigenvalue weighted by Crippen LogP contribution is -2.45. The highest BCUT2D eigenvalue weighted by Gasteiger charge is 2.24. The Morgan fingerprint density at radius 1 is 1.26 bits per heavy atom. The van der Waals surface area contributed by atoms with Gasteiger partial charge in [-0.25, -0.2) is 0 Å². The van der Waals surface area contributed by atoms with Gasteiger partial charge in [0, 0.05) is 19.1 Å². The quantitative estimate of drug-likeness (QED) is 0.423. The first-order valence-corrected chi connectivity index (χ1v) is 10.2. The topological polar surface area (TPSA) is 32.3 Å². The Morgan fingerprint density at radius 2 is 1.91 bits per heavy atom. The third-order valence-electron chi connectivity index (χ3n) is 4.65. The summed E-state index contributed by atoms with van der Waals surface area (Å²) in [6.45, 7) is 8.66. The van der Waals surface area contributed by atoms with Gasteiger partial charge in [0.15, 0.2) is 0 Å². The summed E-state index contributed by atoms with van der Waals surface area (Å²) in [6, 6.07) is 8.73. The molecule has 1 heterocycles. The van der Waals surface area contributed by atoms with E-state index in [1.807, 2.05) is 13.0 Å². The maximum absolute atomic E-state index is 12.7. The Morgan fingerprint density at radius 3 is 2.52 bits per heavy atom. The van der Waals surface area contributed by atoms with Gasteiger partial charge >= 0.3 is 0 Å². The molecular formula is C19H29IN2O. The van der Waals surface area contributed by atoms with E-state index in [1.54, 1.807) is 0 Å². The normalized spacial score (nSPS) is 18.1. The number of nitrogens with one attached hydrogen (secondary N) is 1. The second-order valence-electron chi connectivity index (χ2n) is 7.04. The minimum atomic E-state index is -0.0763. The van der Waals surface area contributed by atoms with Crippen LogP contribution in [0, 0.1) is 5.92 Å². The van der Waals surface area contributed by atoms with Crippen LogP contribution in [0.25, 0.3) is 0 Å². The van der Waals surface area contributed by atoms with E-state index in [1.165, 1.54) is 11.1 Å². The summed E-state index contributed by atoms with van der Waals surface area (Å²) < 4.78 is 1.08. The van der Waals surface area contributed by atoms with E-state index in [0.29, 0.717) is 12.0 Å². The zero-order valence-electron chi connectivity index (χ0n) is 14.5. The Bertz CT molecular complexity index is 510. The lowest BCUT2D eigenvalue weighted by atomic mass is 9.90. The minimum absolute atomic E-state index is 0.0763. The molecule has 4 heteroatoms. The number of carbonyl (C=O) groups is 1. The highest BCUT2D eigenvalue weighted by Crippen LogP contribution is 2.23. The summed E-state index contributed by atoms with van der Waals surface area (Å²) in [5.74, 6) is 0.700. The number of alkyl halides is 1. The molecular weight excluding hydrogens is 399 g/mol. The van der Waals surface area contributed by atoms with Crippen molar-refractivity contribution in [2.45, 2.75) is 52.0 Å². The molecule has 0 bridgehead atoms. The van der Waals surface area contributed by atoms with E-state index < -0.39 is 0 Å². The highest BCUT2D eigenvalue weighted by molar-refractivity contribution is 14.1. The van der Waals surface area contributed by atoms with Crippen LogP contribution in [0.2, 0.25) is 0 Å². The number of halogens is 1. The van der Waals surface area contributed by atoms with Gasteiger partial charge in [0.05, 0.1) is 10.5 Å². The first-order chi connectivity index (χ1) is 11.0. The van der Waals surface area contributed by atoms with Gasteiger partial charge < -0.3 is 5.32 Å². The molecule has 1 aromatic carbocycles. The van der Waals surface area contributed by atoms with E-state index >= 15 is 0 Å². The minimum Gasteiger partial charge on any atom is -0.353 e. The largest absolute Gasteiger partial charge is 0.353 e. The molecule has 0 aromatic heterocycles. The predicted octanol–water partition coefficient (Wildman–Crippen LogP) is 3.96. The molecule has 0 radical (unpaired) electrons. The van der Waals surface area contributed by atoms with E-state index in [2.05, 4.69) is 64.9 Å². The van der Waals surface area contributed by atoms with Crippen molar-refractivity contribution < 1.29 is 4.79 Å². The van der Waals surface area contributed by atoms with Crippen molar-refractivity contribution >= 4 is 28.5 Å². The first-order valence-electron chi connectivity index (χ1n) is 8.67. The van der Waals surface area contributed by atoms with Crippen molar-refractivity contribution in [1.29, 1.82) is 0 Å². The van der Waals surface area contributed by atoms with Crippen molar-refractivity contribution in [2.75, 3.05) is 17.6 Å². The van der Waals surface area contributed by atoms with E-state index in [0.717, 1.165) is 36.9 Å². The fourth-order valence-electron chi connectivity index (χ4n) is 3.25. The SMILES string of the molecule is CC(C)Cc1ccccc1C(C)C(=O)NC1CCN(CI)CC1. The van der Waals surface area contributed by atoms with E-state index in [4.69, 9.17) is 0 Å². The maximum Gasteiger partial charge on any atom is 0.227 e. The van der Waals surface area contributed by atoms with Crippen LogP contribution in [0.4, 0.5) is 0 Å². The number of nitrogens with zero attached hydrogens (tertiary/aromatic N) is 1. The summed E-state index contributed by atoms with van der Waals surface area (Å²) in [4.78, 5) is 15.1. The van der Waals surface area contributed by atoms with E-state index in [9.17, 15) is 4.79 Å². The first kappa shape index (κ1) is 18.7. The summed E-state index contributed by atoms with van der Waals surface area (Å²) >= 11 is 2.41. The highest BCUT2D eigenvalue weighted by atomic mass is 127. The molecule has 1 atom stereocenters. The van der Waals surface area contributed by atoms with Crippen molar-refractivity contribution in [3.63, 3.8) is 0 Å². The number of piperidine rings is 1. The number of benzene rings is 1. The summed E-state index contributed by atoms with van der Waals surface area (Å²) in [5, 5.41) is 3.27. The van der Waals surface area contributed by atoms with Gasteiger partial charge in [0.2, 0.25) is 5.91 Å². The van der Waals surface area contributed by atoms with Crippen LogP contribution >= 0.6 is 22.6 Å². The number of amides is 1. The molecule has 1 amide bonds. The molecule has 1 unspecified atom stereocenters. The molecule has 0 saturated carbocycles. The average molecular weight is 428 g/mol. The van der Waals surface area contributed by atoms with Gasteiger partial charge in [-0.1, -0.05) is 60.7 Å². The molecule has 23 heavy (non-hydrogen) atoms. The Balaban J connectivity index is 1.97. The monoisotopic (exact) mass is 428 g/mol. The molecule has 3 nitrogen and oxygen atoms in total. The molecule has 128 valence electrons. The molecule has 0 spiro atoms. The van der Waals surface area contributed by atoms with Gasteiger partial charge in [-0.2, -0.15) is 0 Å². The fraction of sp³-hybridized carbons (Fsp3) is 0.632. The van der Waals surface area contributed by atoms with Crippen LogP contribution in [0.5, 0.6) is 0 Å². The standard InChI is InChI=1S/C19H29IN2O/c1-14(2)12-16-6-4-5-7-18(16)15(3)19(23)21-17-8-10-22(13-20)11-9-17/h4-7,14-15,17H,8-13H2,1-3H3,(H,21,23). The second-order valence-corrected chi connectivity index (χ2v) is 7.72. The molecule has 1 aromatic rings. The Hall–Kier alpha value is -0.620. The zero-order valence-corrected chi connectivity index (χ0v) is 16.7. The van der Waals surface area contributed by atoms with Gasteiger partial charge in [0.25, 0.3) is 0 Å². The molecule has 1 aliphatic heterocycles. The van der Waals surface area contributed by atoms with Crippen LogP contribution in [0.3, 0.4) is 0 Å². The van der Waals surface area contributed by atoms with Crippen molar-refractivity contribution in [3.05, 3.63) is 35.4 Å². The smallest absolute Gasteiger partial charge is 0.227 e. The van der Waals surface area contributed by atoms with Crippen LogP contribution in [-0.2, 0) is 11.2 Å². The van der Waals surface area contributed by atoms with Crippen LogP contribution in [-0.4, -0.2) is 34.5 Å².